The number of anilines is 2. The van der Waals surface area contributed by atoms with E-state index in [1.54, 1.807) is 11.9 Å². The van der Waals surface area contributed by atoms with E-state index in [1.165, 1.54) is 17.3 Å². The molecule has 170 valence electrons. The highest BCUT2D eigenvalue weighted by molar-refractivity contribution is 8.00. The van der Waals surface area contributed by atoms with Gasteiger partial charge in [0, 0.05) is 33.4 Å². The number of halogens is 1. The van der Waals surface area contributed by atoms with Crippen molar-refractivity contribution in [3.05, 3.63) is 84.0 Å². The van der Waals surface area contributed by atoms with E-state index >= 15 is 0 Å². The van der Waals surface area contributed by atoms with Crippen molar-refractivity contribution in [2.75, 3.05) is 28.1 Å². The average molecular weight is 496 g/mol. The summed E-state index contributed by atoms with van der Waals surface area (Å²) < 4.78 is 11.0. The molecule has 1 N–H and O–H groups in total. The molecule has 3 aromatic carbocycles. The molecule has 1 saturated heterocycles. The Bertz CT molecular complexity index is 1210. The summed E-state index contributed by atoms with van der Waals surface area (Å²) in [6.45, 7) is 5.60. The van der Waals surface area contributed by atoms with Gasteiger partial charge in [0.05, 0.1) is 23.9 Å². The van der Waals surface area contributed by atoms with E-state index in [-0.39, 0.29) is 0 Å². The fourth-order valence-electron chi connectivity index (χ4n) is 3.50. The lowest BCUT2D eigenvalue weighted by molar-refractivity contribution is 0.184. The van der Waals surface area contributed by atoms with E-state index < -0.39 is 0 Å². The molecule has 0 radical (unpaired) electrons. The minimum atomic E-state index is 0.678. The Kier molecular flexibility index (Phi) is 8.40. The quantitative estimate of drug-likeness (QED) is 0.281. The monoisotopic (exact) mass is 495 g/mol. The number of pyridine rings is 1. The molecule has 2 heterocycles. The van der Waals surface area contributed by atoms with Gasteiger partial charge in [0.15, 0.2) is 0 Å². The van der Waals surface area contributed by atoms with Gasteiger partial charge in [-0.05, 0) is 65.7 Å². The summed E-state index contributed by atoms with van der Waals surface area (Å²) in [7, 11) is 0. The van der Waals surface area contributed by atoms with Crippen LogP contribution in [0.25, 0.3) is 22.0 Å². The molecule has 0 spiro atoms. The lowest BCUT2D eigenvalue weighted by Crippen LogP contribution is -2.26. The number of rotatable bonds is 5. The molecule has 0 saturated carbocycles. The normalized spacial score (nSPS) is 13.4. The molecule has 4 nitrogen and oxygen atoms in total. The third-order valence-electron chi connectivity index (χ3n) is 5.02. The zero-order valence-electron chi connectivity index (χ0n) is 18.6. The third-order valence-corrected chi connectivity index (χ3v) is 7.34. The minimum absolute atomic E-state index is 0.678. The van der Waals surface area contributed by atoms with E-state index in [0.717, 1.165) is 51.1 Å². The Balaban J connectivity index is 0.00000126. The molecule has 0 bridgehead atoms. The number of nitrogens with zero attached hydrogens (tertiary/aromatic N) is 2. The molecule has 1 fully saturated rings. The number of nitrogens with one attached hydrogen (secondary N) is 1. The maximum Gasteiger partial charge on any atom is 0.112 e. The smallest absolute Gasteiger partial charge is 0.112 e. The first-order valence-electron chi connectivity index (χ1n) is 10.9. The fraction of sp³-hybridized carbons (Fsp3) is 0.192. The molecule has 33 heavy (non-hydrogen) atoms. The van der Waals surface area contributed by atoms with Crippen molar-refractivity contribution in [3.63, 3.8) is 0 Å². The number of fused-ring (bicyclic) bond motifs is 1. The van der Waals surface area contributed by atoms with Crippen LogP contribution in [-0.4, -0.2) is 24.1 Å². The van der Waals surface area contributed by atoms with Gasteiger partial charge in [-0.3, -0.25) is 4.98 Å². The second-order valence-electron chi connectivity index (χ2n) is 7.04. The first-order valence-corrected chi connectivity index (χ1v) is 13.1. The molecule has 0 atom stereocenters. The number of hydrogen-bond donors (Lipinski definition) is 1. The minimum Gasteiger partial charge on any atom is -0.367 e. The van der Waals surface area contributed by atoms with Crippen molar-refractivity contribution in [1.29, 1.82) is 0 Å². The second-order valence-corrected chi connectivity index (χ2v) is 9.23. The average Bonchev–Trinajstić information content (AvgIpc) is 2.89. The van der Waals surface area contributed by atoms with Gasteiger partial charge in [0.1, 0.15) is 5.94 Å². The lowest BCUT2D eigenvalue weighted by atomic mass is 10.0. The van der Waals surface area contributed by atoms with Crippen molar-refractivity contribution in [2.24, 2.45) is 0 Å². The van der Waals surface area contributed by atoms with Crippen LogP contribution in [0.15, 0.2) is 83.9 Å². The van der Waals surface area contributed by atoms with Crippen molar-refractivity contribution in [1.82, 2.24) is 4.98 Å². The summed E-state index contributed by atoms with van der Waals surface area (Å²) in [5.41, 5.74) is 4.16. The zero-order chi connectivity index (χ0) is 23.0. The molecule has 0 unspecified atom stereocenters. The highest BCUT2D eigenvalue weighted by Gasteiger charge is 2.14. The van der Waals surface area contributed by atoms with Gasteiger partial charge < -0.3 is 13.8 Å². The van der Waals surface area contributed by atoms with Crippen molar-refractivity contribution in [3.8, 4) is 11.3 Å². The number of aromatic nitrogens is 1. The summed E-state index contributed by atoms with van der Waals surface area (Å²) >= 11 is 9.75. The first-order chi connectivity index (χ1) is 16.3. The topological polar surface area (TPSA) is 37.4 Å². The van der Waals surface area contributed by atoms with Crippen molar-refractivity contribution < 1.29 is 4.74 Å². The fourth-order valence-corrected chi connectivity index (χ4v) is 5.22. The number of ether oxygens (including phenoxy) is 1. The predicted octanol–water partition coefficient (Wildman–Crippen LogP) is 8.14. The van der Waals surface area contributed by atoms with Crippen LogP contribution in [-0.2, 0) is 4.74 Å². The van der Waals surface area contributed by atoms with Crippen LogP contribution >= 0.6 is 35.5 Å². The molecule has 7 heteroatoms. The Hall–Kier alpha value is -2.38. The van der Waals surface area contributed by atoms with Crippen LogP contribution in [0.4, 0.5) is 11.4 Å². The molecule has 1 aromatic heterocycles. The van der Waals surface area contributed by atoms with E-state index in [4.69, 9.17) is 16.3 Å². The Morgan fingerprint density at radius 2 is 1.91 bits per heavy atom. The van der Waals surface area contributed by atoms with Gasteiger partial charge in [-0.15, -0.1) is 0 Å². The Morgan fingerprint density at radius 1 is 1.03 bits per heavy atom. The molecule has 1 aliphatic heterocycles. The van der Waals surface area contributed by atoms with Crippen LogP contribution in [0.5, 0.6) is 0 Å². The summed E-state index contributed by atoms with van der Waals surface area (Å²) in [6, 6.07) is 24.8. The van der Waals surface area contributed by atoms with E-state index in [2.05, 4.69) is 50.4 Å². The second kappa shape index (κ2) is 11.7. The molecular formula is C26H26ClN3OS2. The molecule has 0 amide bonds. The van der Waals surface area contributed by atoms with Gasteiger partial charge in [0.2, 0.25) is 0 Å². The van der Waals surface area contributed by atoms with Crippen LogP contribution in [0.1, 0.15) is 13.8 Å². The molecule has 0 aliphatic carbocycles. The molecular weight excluding hydrogens is 470 g/mol. The molecule has 5 rings (SSSR count). The van der Waals surface area contributed by atoms with Crippen molar-refractivity contribution >= 4 is 57.6 Å². The number of hydrogen-bond acceptors (Lipinski definition) is 6. The summed E-state index contributed by atoms with van der Waals surface area (Å²) in [5.74, 6) is 0.678. The molecule has 4 aromatic rings. The van der Waals surface area contributed by atoms with Gasteiger partial charge in [-0.1, -0.05) is 61.8 Å². The standard InChI is InChI=1S/C24H20ClN3OS2.C2H6/c25-22-15-20(28-12-13-29-16-30-28)8-9-23(22)31-27-19-6-3-5-18(14-19)24-21-7-2-1-4-17(21)10-11-26-24;1-2/h1-11,14-15,27H,12-13,16H2;1-2H3. The van der Waals surface area contributed by atoms with Crippen LogP contribution in [0, 0.1) is 0 Å². The van der Waals surface area contributed by atoms with Crippen LogP contribution in [0.2, 0.25) is 5.02 Å². The third kappa shape index (κ3) is 5.76. The van der Waals surface area contributed by atoms with E-state index in [9.17, 15) is 0 Å². The van der Waals surface area contributed by atoms with Crippen LogP contribution in [0.3, 0.4) is 0 Å². The Labute approximate surface area is 209 Å². The lowest BCUT2D eigenvalue weighted by Gasteiger charge is -2.27. The Morgan fingerprint density at radius 3 is 2.73 bits per heavy atom. The summed E-state index contributed by atoms with van der Waals surface area (Å²) in [4.78, 5) is 5.62. The van der Waals surface area contributed by atoms with Crippen molar-refractivity contribution in [2.45, 2.75) is 18.7 Å². The van der Waals surface area contributed by atoms with Crippen LogP contribution < -0.4 is 9.03 Å². The highest BCUT2D eigenvalue weighted by atomic mass is 35.5. The van der Waals surface area contributed by atoms with E-state index in [1.807, 2.05) is 56.4 Å². The van der Waals surface area contributed by atoms with Gasteiger partial charge >= 0.3 is 0 Å². The van der Waals surface area contributed by atoms with Gasteiger partial charge in [0.25, 0.3) is 0 Å². The zero-order valence-corrected chi connectivity index (χ0v) is 21.0. The number of benzene rings is 3. The SMILES string of the molecule is CC.Clc1cc(N2CCOCS2)ccc1SNc1cccc(-c2nccc3ccccc23)c1. The predicted molar refractivity (Wildman–Crippen MR) is 145 cm³/mol. The largest absolute Gasteiger partial charge is 0.367 e. The first kappa shape index (κ1) is 23.8. The maximum atomic E-state index is 6.57. The molecule has 1 aliphatic rings. The maximum absolute atomic E-state index is 6.57. The summed E-state index contributed by atoms with van der Waals surface area (Å²) in [5, 5.41) is 3.06. The van der Waals surface area contributed by atoms with Gasteiger partial charge in [-0.2, -0.15) is 0 Å². The highest BCUT2D eigenvalue weighted by Crippen LogP contribution is 2.35. The van der Waals surface area contributed by atoms with Gasteiger partial charge in [-0.25, -0.2) is 0 Å². The van der Waals surface area contributed by atoms with E-state index in [0.29, 0.717) is 5.94 Å². The summed E-state index contributed by atoms with van der Waals surface area (Å²) in [6.07, 6.45) is 1.86.